The molecule has 1 aromatic carbocycles. The van der Waals surface area contributed by atoms with E-state index < -0.39 is 10.0 Å². The van der Waals surface area contributed by atoms with Crippen molar-refractivity contribution in [3.05, 3.63) is 36.7 Å². The summed E-state index contributed by atoms with van der Waals surface area (Å²) in [6.07, 6.45) is 8.67. The van der Waals surface area contributed by atoms with Gasteiger partial charge in [0, 0.05) is 44.9 Å². The van der Waals surface area contributed by atoms with E-state index in [-0.39, 0.29) is 18.0 Å². The zero-order chi connectivity index (χ0) is 25.7. The van der Waals surface area contributed by atoms with Gasteiger partial charge in [-0.1, -0.05) is 6.07 Å². The Bertz CT molecular complexity index is 1300. The second kappa shape index (κ2) is 11.2. The number of aromatic nitrogens is 4. The second-order valence-corrected chi connectivity index (χ2v) is 11.1. The lowest BCUT2D eigenvalue weighted by Gasteiger charge is -2.33. The average molecular weight is 516 g/mol. The third kappa shape index (κ3) is 6.30. The number of anilines is 1. The molecule has 1 saturated carbocycles. The van der Waals surface area contributed by atoms with E-state index in [0.717, 1.165) is 42.3 Å². The first kappa shape index (κ1) is 25.8. The smallest absolute Gasteiger partial charge is 0.224 e. The highest BCUT2D eigenvalue weighted by Crippen LogP contribution is 2.28. The van der Waals surface area contributed by atoms with Gasteiger partial charge in [-0.2, -0.15) is 10.1 Å². The van der Waals surface area contributed by atoms with Crippen LogP contribution in [0, 0.1) is 0 Å². The number of carbonyl (C=O) groups excluding carboxylic acids is 1. The van der Waals surface area contributed by atoms with Gasteiger partial charge in [-0.15, -0.1) is 0 Å². The van der Waals surface area contributed by atoms with Crippen molar-refractivity contribution < 1.29 is 17.9 Å². The van der Waals surface area contributed by atoms with E-state index >= 15 is 0 Å². The number of fused-ring (bicyclic) bond motifs is 1. The molecule has 4 rings (SSSR count). The van der Waals surface area contributed by atoms with Crippen molar-refractivity contribution in [3.8, 4) is 11.6 Å². The highest BCUT2D eigenvalue weighted by Gasteiger charge is 2.28. The number of rotatable bonds is 10. The Morgan fingerprint density at radius 3 is 2.72 bits per heavy atom. The Morgan fingerprint density at radius 1 is 1.22 bits per heavy atom. The quantitative estimate of drug-likeness (QED) is 0.393. The van der Waals surface area contributed by atoms with Crippen LogP contribution in [0.2, 0.25) is 0 Å². The lowest BCUT2D eigenvalue weighted by molar-refractivity contribution is -0.118. The minimum Gasteiger partial charge on any atom is -0.493 e. The highest BCUT2D eigenvalue weighted by atomic mass is 32.2. The van der Waals surface area contributed by atoms with Crippen LogP contribution in [0.4, 0.5) is 5.95 Å². The number of amides is 1. The molecular formula is C24H33N7O4S. The fraction of sp³-hybridized carbons (Fsp3) is 0.500. The number of carbonyl (C=O) groups is 1. The van der Waals surface area contributed by atoms with Crippen molar-refractivity contribution in [2.45, 2.75) is 51.1 Å². The maximum Gasteiger partial charge on any atom is 0.224 e. The van der Waals surface area contributed by atoms with Crippen LogP contribution in [0.5, 0.6) is 5.75 Å². The molecule has 3 aromatic rings. The molecule has 1 amide bonds. The van der Waals surface area contributed by atoms with Crippen LogP contribution < -0.4 is 15.4 Å². The first-order valence-corrected chi connectivity index (χ1v) is 13.9. The SMILES string of the molecule is CC(=O)NCCCOc1cccc2c1cnn2-c1ccnc(N[C@H]2CC[C@H](N(C)S(C)(=O)=O)CC2)n1. The summed E-state index contributed by atoms with van der Waals surface area (Å²) in [7, 11) is -1.54. The van der Waals surface area contributed by atoms with Crippen molar-refractivity contribution in [3.63, 3.8) is 0 Å². The molecule has 194 valence electrons. The van der Waals surface area contributed by atoms with Gasteiger partial charge in [0.1, 0.15) is 5.75 Å². The van der Waals surface area contributed by atoms with Gasteiger partial charge in [0.05, 0.1) is 30.0 Å². The number of sulfonamides is 1. The molecule has 0 spiro atoms. The molecule has 1 aliphatic carbocycles. The Hall–Kier alpha value is -3.25. The topological polar surface area (TPSA) is 131 Å². The maximum atomic E-state index is 11.8. The summed E-state index contributed by atoms with van der Waals surface area (Å²) < 4.78 is 32.8. The Balaban J connectivity index is 1.41. The van der Waals surface area contributed by atoms with Gasteiger partial charge in [-0.05, 0) is 44.2 Å². The van der Waals surface area contributed by atoms with Crippen LogP contribution >= 0.6 is 0 Å². The molecule has 0 bridgehead atoms. The van der Waals surface area contributed by atoms with Gasteiger partial charge in [-0.25, -0.2) is 22.4 Å². The lowest BCUT2D eigenvalue weighted by atomic mass is 9.91. The lowest BCUT2D eigenvalue weighted by Crippen LogP contribution is -2.41. The van der Waals surface area contributed by atoms with E-state index in [1.165, 1.54) is 17.5 Å². The average Bonchev–Trinajstić information content (AvgIpc) is 3.28. The molecule has 2 N–H and O–H groups in total. The summed E-state index contributed by atoms with van der Waals surface area (Å²) in [5.41, 5.74) is 0.864. The first-order chi connectivity index (χ1) is 17.2. The Labute approximate surface area is 211 Å². The summed E-state index contributed by atoms with van der Waals surface area (Å²) in [5, 5.41) is 11.6. The van der Waals surface area contributed by atoms with Crippen LogP contribution in [-0.2, 0) is 14.8 Å². The van der Waals surface area contributed by atoms with Gasteiger partial charge in [0.15, 0.2) is 5.82 Å². The number of ether oxygens (including phenoxy) is 1. The van der Waals surface area contributed by atoms with Crippen molar-refractivity contribution in [1.82, 2.24) is 29.4 Å². The van der Waals surface area contributed by atoms with E-state index in [0.29, 0.717) is 31.3 Å². The minimum absolute atomic E-state index is 0.0301. The highest BCUT2D eigenvalue weighted by molar-refractivity contribution is 7.88. The Morgan fingerprint density at radius 2 is 2.00 bits per heavy atom. The first-order valence-electron chi connectivity index (χ1n) is 12.1. The molecule has 2 aromatic heterocycles. The van der Waals surface area contributed by atoms with E-state index in [2.05, 4.69) is 25.7 Å². The minimum atomic E-state index is -3.19. The number of benzene rings is 1. The van der Waals surface area contributed by atoms with Crippen LogP contribution in [0.1, 0.15) is 39.0 Å². The van der Waals surface area contributed by atoms with Crippen LogP contribution in [-0.4, -0.2) is 76.9 Å². The molecule has 0 unspecified atom stereocenters. The van der Waals surface area contributed by atoms with E-state index in [1.807, 2.05) is 18.2 Å². The second-order valence-electron chi connectivity index (χ2n) is 9.10. The fourth-order valence-electron chi connectivity index (χ4n) is 4.43. The van der Waals surface area contributed by atoms with Gasteiger partial charge < -0.3 is 15.4 Å². The summed E-state index contributed by atoms with van der Waals surface area (Å²) in [6, 6.07) is 7.78. The Kier molecular flexibility index (Phi) is 8.04. The monoisotopic (exact) mass is 515 g/mol. The third-order valence-electron chi connectivity index (χ3n) is 6.45. The largest absolute Gasteiger partial charge is 0.493 e. The molecule has 0 atom stereocenters. The van der Waals surface area contributed by atoms with Crippen molar-refractivity contribution >= 4 is 32.8 Å². The molecule has 1 fully saturated rings. The zero-order valence-electron chi connectivity index (χ0n) is 20.8. The molecule has 0 saturated heterocycles. The molecular weight excluding hydrogens is 482 g/mol. The number of nitrogens with one attached hydrogen (secondary N) is 2. The predicted molar refractivity (Wildman–Crippen MR) is 138 cm³/mol. The van der Waals surface area contributed by atoms with E-state index in [4.69, 9.17) is 4.74 Å². The zero-order valence-corrected chi connectivity index (χ0v) is 21.7. The molecule has 0 aliphatic heterocycles. The standard InChI is InChI=1S/C24H33N7O4S/c1-17(32)25-13-5-15-35-22-7-4-6-21-20(22)16-27-31(21)23-12-14-26-24(29-23)28-18-8-10-19(11-9-18)30(2)36(3,33)34/h4,6-7,12,14,16,18-19H,5,8-11,13,15H2,1-3H3,(H,25,32)(H,26,28,29)/t18-,19-. The third-order valence-corrected chi connectivity index (χ3v) is 7.80. The molecule has 12 heteroatoms. The normalized spacial score (nSPS) is 18.3. The van der Waals surface area contributed by atoms with Gasteiger partial charge in [0.25, 0.3) is 0 Å². The summed E-state index contributed by atoms with van der Waals surface area (Å²) in [4.78, 5) is 20.1. The number of hydrogen-bond donors (Lipinski definition) is 2. The summed E-state index contributed by atoms with van der Waals surface area (Å²) in [6.45, 7) is 2.54. The predicted octanol–water partition coefficient (Wildman–Crippen LogP) is 2.33. The fourth-order valence-corrected chi connectivity index (χ4v) is 5.18. The van der Waals surface area contributed by atoms with E-state index in [9.17, 15) is 13.2 Å². The van der Waals surface area contributed by atoms with Crippen molar-refractivity contribution in [2.24, 2.45) is 0 Å². The molecule has 0 radical (unpaired) electrons. The molecule has 11 nitrogen and oxygen atoms in total. The van der Waals surface area contributed by atoms with Crippen LogP contribution in [0.3, 0.4) is 0 Å². The van der Waals surface area contributed by atoms with Gasteiger partial charge >= 0.3 is 0 Å². The molecule has 36 heavy (non-hydrogen) atoms. The van der Waals surface area contributed by atoms with E-state index in [1.54, 1.807) is 30.2 Å². The van der Waals surface area contributed by atoms with Crippen LogP contribution in [0.25, 0.3) is 16.7 Å². The summed E-state index contributed by atoms with van der Waals surface area (Å²) >= 11 is 0. The van der Waals surface area contributed by atoms with Gasteiger partial charge in [-0.3, -0.25) is 4.79 Å². The molecule has 2 heterocycles. The maximum absolute atomic E-state index is 11.8. The van der Waals surface area contributed by atoms with Crippen molar-refractivity contribution in [1.29, 1.82) is 0 Å². The summed E-state index contributed by atoms with van der Waals surface area (Å²) in [5.74, 6) is 1.83. The number of nitrogens with zero attached hydrogens (tertiary/aromatic N) is 5. The van der Waals surface area contributed by atoms with Gasteiger partial charge in [0.2, 0.25) is 21.9 Å². The molecule has 1 aliphatic rings. The van der Waals surface area contributed by atoms with Crippen molar-refractivity contribution in [2.75, 3.05) is 31.8 Å². The number of hydrogen-bond acceptors (Lipinski definition) is 8. The van der Waals surface area contributed by atoms with Crippen LogP contribution in [0.15, 0.2) is 36.7 Å².